The number of nitrogens with zero attached hydrogens (tertiary/aromatic N) is 1. The smallest absolute Gasteiger partial charge is 0.329 e. The van der Waals surface area contributed by atoms with Crippen LogP contribution >= 0.6 is 0 Å². The molecule has 5 heteroatoms. The summed E-state index contributed by atoms with van der Waals surface area (Å²) in [6, 6.07) is 7.73. The molecular weight excluding hydrogens is 294 g/mol. The van der Waals surface area contributed by atoms with Crippen LogP contribution in [-0.2, 0) is 16.0 Å². The first kappa shape index (κ1) is 17.3. The lowest BCUT2D eigenvalue weighted by Crippen LogP contribution is -2.50. The van der Waals surface area contributed by atoms with Crippen LogP contribution in [0.4, 0.5) is 0 Å². The summed E-state index contributed by atoms with van der Waals surface area (Å²) in [7, 11) is 0. The Hall–Kier alpha value is -2.04. The Bertz CT molecular complexity index is 555. The maximum Gasteiger partial charge on any atom is 0.329 e. The van der Waals surface area contributed by atoms with Gasteiger partial charge >= 0.3 is 5.97 Å². The first-order valence-electron chi connectivity index (χ1n) is 8.23. The standard InChI is InChI=1S/C18H25NO4/c1-3-13-23-15-8-5-14(6-9-15)7-10-16(20)19-12-4-11-18(19,2)17(21)22/h5-6,8-9H,3-4,7,10-13H2,1-2H3,(H,21,22). The van der Waals surface area contributed by atoms with Gasteiger partial charge in [0.2, 0.25) is 5.91 Å². The molecule has 1 fully saturated rings. The molecule has 0 spiro atoms. The van der Waals surface area contributed by atoms with Crippen molar-refractivity contribution in [2.24, 2.45) is 0 Å². The van der Waals surface area contributed by atoms with Gasteiger partial charge in [0.05, 0.1) is 6.61 Å². The molecule has 2 rings (SSSR count). The van der Waals surface area contributed by atoms with E-state index in [0.717, 1.165) is 24.2 Å². The Morgan fingerprint density at radius 1 is 1.30 bits per heavy atom. The van der Waals surface area contributed by atoms with Gasteiger partial charge < -0.3 is 14.7 Å². The molecule has 0 aromatic heterocycles. The Balaban J connectivity index is 1.90. The molecular formula is C18H25NO4. The maximum atomic E-state index is 12.4. The largest absolute Gasteiger partial charge is 0.494 e. The van der Waals surface area contributed by atoms with Gasteiger partial charge in [-0.3, -0.25) is 4.79 Å². The number of ether oxygens (including phenoxy) is 1. The second-order valence-electron chi connectivity index (χ2n) is 6.22. The molecule has 1 heterocycles. The van der Waals surface area contributed by atoms with E-state index in [1.165, 1.54) is 4.90 Å². The molecule has 0 saturated carbocycles. The summed E-state index contributed by atoms with van der Waals surface area (Å²) in [5.41, 5.74) is 0.00740. The maximum absolute atomic E-state index is 12.4. The zero-order chi connectivity index (χ0) is 16.9. The number of hydrogen-bond acceptors (Lipinski definition) is 3. The predicted octanol–water partition coefficient (Wildman–Crippen LogP) is 2.87. The summed E-state index contributed by atoms with van der Waals surface area (Å²) in [4.78, 5) is 25.3. The van der Waals surface area contributed by atoms with Gasteiger partial charge in [0.25, 0.3) is 0 Å². The molecule has 1 aliphatic rings. The topological polar surface area (TPSA) is 66.8 Å². The van der Waals surface area contributed by atoms with E-state index in [-0.39, 0.29) is 5.91 Å². The molecule has 1 N–H and O–H groups in total. The second kappa shape index (κ2) is 7.49. The van der Waals surface area contributed by atoms with E-state index in [0.29, 0.717) is 32.4 Å². The van der Waals surface area contributed by atoms with E-state index in [1.807, 2.05) is 24.3 Å². The first-order valence-corrected chi connectivity index (χ1v) is 8.23. The highest BCUT2D eigenvalue weighted by Crippen LogP contribution is 2.30. The van der Waals surface area contributed by atoms with Crippen LogP contribution in [0.15, 0.2) is 24.3 Å². The lowest BCUT2D eigenvalue weighted by atomic mass is 9.98. The number of aryl methyl sites for hydroxylation is 1. The second-order valence-corrected chi connectivity index (χ2v) is 6.22. The fourth-order valence-corrected chi connectivity index (χ4v) is 2.94. The summed E-state index contributed by atoms with van der Waals surface area (Å²) >= 11 is 0. The van der Waals surface area contributed by atoms with E-state index < -0.39 is 11.5 Å². The SMILES string of the molecule is CCCOc1ccc(CCC(=O)N2CCCC2(C)C(=O)O)cc1. The molecule has 1 unspecified atom stereocenters. The lowest BCUT2D eigenvalue weighted by Gasteiger charge is -2.31. The van der Waals surface area contributed by atoms with Gasteiger partial charge in [-0.25, -0.2) is 4.79 Å². The van der Waals surface area contributed by atoms with Gasteiger partial charge in [0.15, 0.2) is 0 Å². The van der Waals surface area contributed by atoms with Crippen molar-refractivity contribution in [3.05, 3.63) is 29.8 Å². The van der Waals surface area contributed by atoms with Crippen LogP contribution < -0.4 is 4.74 Å². The van der Waals surface area contributed by atoms with Crippen molar-refractivity contribution < 1.29 is 19.4 Å². The molecule has 0 aliphatic carbocycles. The molecule has 5 nitrogen and oxygen atoms in total. The fraction of sp³-hybridized carbons (Fsp3) is 0.556. The number of hydrogen-bond donors (Lipinski definition) is 1. The summed E-state index contributed by atoms with van der Waals surface area (Å²) in [5.74, 6) is -0.167. The first-order chi connectivity index (χ1) is 11.0. The third-order valence-corrected chi connectivity index (χ3v) is 4.43. The summed E-state index contributed by atoms with van der Waals surface area (Å²) in [6.07, 6.45) is 3.18. The molecule has 1 atom stereocenters. The Morgan fingerprint density at radius 2 is 2.00 bits per heavy atom. The van der Waals surface area contributed by atoms with Crippen LogP contribution in [0.1, 0.15) is 45.1 Å². The number of carboxylic acids is 1. The van der Waals surface area contributed by atoms with E-state index >= 15 is 0 Å². The zero-order valence-corrected chi connectivity index (χ0v) is 13.9. The minimum absolute atomic E-state index is 0.0845. The fourth-order valence-electron chi connectivity index (χ4n) is 2.94. The predicted molar refractivity (Wildman–Crippen MR) is 87.5 cm³/mol. The van der Waals surface area contributed by atoms with E-state index in [1.54, 1.807) is 6.92 Å². The molecule has 1 saturated heterocycles. The number of carboxylic acid groups (broad SMARTS) is 1. The number of amides is 1. The van der Waals surface area contributed by atoms with Crippen molar-refractivity contribution in [2.45, 2.75) is 51.5 Å². The van der Waals surface area contributed by atoms with Crippen molar-refractivity contribution in [3.8, 4) is 5.75 Å². The summed E-state index contributed by atoms with van der Waals surface area (Å²) in [6.45, 7) is 4.93. The van der Waals surface area contributed by atoms with Gasteiger partial charge in [-0.15, -0.1) is 0 Å². The van der Waals surface area contributed by atoms with Crippen LogP contribution in [0.25, 0.3) is 0 Å². The highest BCUT2D eigenvalue weighted by Gasteiger charge is 2.45. The van der Waals surface area contributed by atoms with Crippen molar-refractivity contribution in [2.75, 3.05) is 13.2 Å². The average Bonchev–Trinajstić information content (AvgIpc) is 2.95. The Morgan fingerprint density at radius 3 is 2.61 bits per heavy atom. The minimum atomic E-state index is -1.05. The highest BCUT2D eigenvalue weighted by molar-refractivity contribution is 5.87. The number of likely N-dealkylation sites (tertiary alicyclic amines) is 1. The van der Waals surface area contributed by atoms with Gasteiger partial charge in [-0.05, 0) is 50.3 Å². The molecule has 1 aromatic carbocycles. The molecule has 1 amide bonds. The van der Waals surface area contributed by atoms with Crippen LogP contribution in [0.2, 0.25) is 0 Å². The number of benzene rings is 1. The van der Waals surface area contributed by atoms with Gasteiger partial charge in [-0.1, -0.05) is 19.1 Å². The zero-order valence-electron chi connectivity index (χ0n) is 13.9. The normalized spacial score (nSPS) is 20.5. The number of rotatable bonds is 7. The van der Waals surface area contributed by atoms with Crippen LogP contribution in [0.3, 0.4) is 0 Å². The van der Waals surface area contributed by atoms with E-state index in [9.17, 15) is 14.7 Å². The summed E-state index contributed by atoms with van der Waals surface area (Å²) < 4.78 is 5.53. The molecule has 23 heavy (non-hydrogen) atoms. The van der Waals surface area contributed by atoms with Crippen molar-refractivity contribution in [1.29, 1.82) is 0 Å². The number of carbonyl (C=O) groups excluding carboxylic acids is 1. The van der Waals surface area contributed by atoms with Crippen molar-refractivity contribution >= 4 is 11.9 Å². The van der Waals surface area contributed by atoms with Crippen molar-refractivity contribution in [1.82, 2.24) is 4.90 Å². The monoisotopic (exact) mass is 319 g/mol. The molecule has 126 valence electrons. The van der Waals surface area contributed by atoms with E-state index in [2.05, 4.69) is 6.92 Å². The third-order valence-electron chi connectivity index (χ3n) is 4.43. The Labute approximate surface area is 137 Å². The molecule has 1 aliphatic heterocycles. The number of aliphatic carboxylic acids is 1. The van der Waals surface area contributed by atoms with Gasteiger partial charge in [0.1, 0.15) is 11.3 Å². The Kier molecular flexibility index (Phi) is 5.64. The molecule has 0 radical (unpaired) electrons. The lowest BCUT2D eigenvalue weighted by molar-refractivity contribution is -0.155. The van der Waals surface area contributed by atoms with Crippen LogP contribution in [0.5, 0.6) is 5.75 Å². The third kappa shape index (κ3) is 4.03. The molecule has 0 bridgehead atoms. The van der Waals surface area contributed by atoms with Crippen molar-refractivity contribution in [3.63, 3.8) is 0 Å². The van der Waals surface area contributed by atoms with Crippen LogP contribution in [0, 0.1) is 0 Å². The highest BCUT2D eigenvalue weighted by atomic mass is 16.5. The summed E-state index contributed by atoms with van der Waals surface area (Å²) in [5, 5.41) is 9.37. The minimum Gasteiger partial charge on any atom is -0.494 e. The average molecular weight is 319 g/mol. The van der Waals surface area contributed by atoms with Crippen LogP contribution in [-0.4, -0.2) is 40.6 Å². The number of carbonyl (C=O) groups is 2. The quantitative estimate of drug-likeness (QED) is 0.839. The van der Waals surface area contributed by atoms with Gasteiger partial charge in [0, 0.05) is 13.0 Å². The van der Waals surface area contributed by atoms with E-state index in [4.69, 9.17) is 4.74 Å². The van der Waals surface area contributed by atoms with Gasteiger partial charge in [-0.2, -0.15) is 0 Å². The molecule has 1 aromatic rings.